The zero-order valence-corrected chi connectivity index (χ0v) is 12.2. The number of benzene rings is 1. The molecule has 0 saturated heterocycles. The van der Waals surface area contributed by atoms with Crippen molar-refractivity contribution in [2.45, 2.75) is 32.1 Å². The SMILES string of the molecule is CNCC1(c2c(C)[nH]c3c(OC)cc(C)cc23)CC1. The van der Waals surface area contributed by atoms with Crippen LogP contribution in [-0.4, -0.2) is 25.7 Å². The number of fused-ring (bicyclic) bond motifs is 1. The van der Waals surface area contributed by atoms with Gasteiger partial charge in [-0.25, -0.2) is 0 Å². The fraction of sp³-hybridized carbons (Fsp3) is 0.500. The second kappa shape index (κ2) is 4.27. The van der Waals surface area contributed by atoms with Crippen LogP contribution in [0.1, 0.15) is 29.7 Å². The van der Waals surface area contributed by atoms with E-state index in [2.05, 4.69) is 36.3 Å². The summed E-state index contributed by atoms with van der Waals surface area (Å²) in [5, 5.41) is 4.68. The van der Waals surface area contributed by atoms with Gasteiger partial charge in [0.05, 0.1) is 12.6 Å². The van der Waals surface area contributed by atoms with Gasteiger partial charge in [-0.05, 0) is 57.0 Å². The molecular formula is C16H22N2O. The van der Waals surface area contributed by atoms with Crippen molar-refractivity contribution < 1.29 is 4.74 Å². The van der Waals surface area contributed by atoms with E-state index in [9.17, 15) is 0 Å². The highest BCUT2D eigenvalue weighted by molar-refractivity contribution is 5.91. The molecular weight excluding hydrogens is 236 g/mol. The fourth-order valence-corrected chi connectivity index (χ4v) is 3.38. The molecule has 2 aromatic rings. The van der Waals surface area contributed by atoms with Crippen molar-refractivity contribution in [3.8, 4) is 5.75 Å². The van der Waals surface area contributed by atoms with E-state index in [1.54, 1.807) is 7.11 Å². The number of hydrogen-bond donors (Lipinski definition) is 2. The highest BCUT2D eigenvalue weighted by Crippen LogP contribution is 2.52. The number of nitrogens with one attached hydrogen (secondary N) is 2. The number of hydrogen-bond acceptors (Lipinski definition) is 2. The molecule has 1 aromatic carbocycles. The molecule has 3 nitrogen and oxygen atoms in total. The lowest BCUT2D eigenvalue weighted by Gasteiger charge is -2.16. The number of likely N-dealkylation sites (N-methyl/N-ethyl adjacent to an activating group) is 1. The lowest BCUT2D eigenvalue weighted by molar-refractivity contribution is 0.418. The fourth-order valence-electron chi connectivity index (χ4n) is 3.38. The highest BCUT2D eigenvalue weighted by Gasteiger charge is 2.46. The lowest BCUT2D eigenvalue weighted by Crippen LogP contribution is -2.24. The molecule has 1 aromatic heterocycles. The van der Waals surface area contributed by atoms with E-state index in [4.69, 9.17) is 4.74 Å². The number of aryl methyl sites for hydroxylation is 2. The van der Waals surface area contributed by atoms with Crippen LogP contribution in [0.3, 0.4) is 0 Å². The van der Waals surface area contributed by atoms with Gasteiger partial charge in [0.15, 0.2) is 0 Å². The highest BCUT2D eigenvalue weighted by atomic mass is 16.5. The molecule has 2 N–H and O–H groups in total. The summed E-state index contributed by atoms with van der Waals surface area (Å²) in [6.45, 7) is 5.36. The summed E-state index contributed by atoms with van der Waals surface area (Å²) in [7, 11) is 3.78. The zero-order valence-electron chi connectivity index (χ0n) is 12.2. The Kier molecular flexibility index (Phi) is 2.82. The van der Waals surface area contributed by atoms with Crippen molar-refractivity contribution in [2.24, 2.45) is 0 Å². The van der Waals surface area contributed by atoms with Crippen LogP contribution < -0.4 is 10.1 Å². The van der Waals surface area contributed by atoms with E-state index in [1.165, 1.54) is 35.0 Å². The Morgan fingerprint density at radius 3 is 2.63 bits per heavy atom. The number of rotatable bonds is 4. The summed E-state index contributed by atoms with van der Waals surface area (Å²) >= 11 is 0. The van der Waals surface area contributed by atoms with E-state index in [0.29, 0.717) is 5.41 Å². The number of H-pyrrole nitrogens is 1. The molecule has 102 valence electrons. The van der Waals surface area contributed by atoms with Gasteiger partial charge in [-0.3, -0.25) is 0 Å². The largest absolute Gasteiger partial charge is 0.495 e. The molecule has 0 radical (unpaired) electrons. The molecule has 0 bridgehead atoms. The summed E-state index contributed by atoms with van der Waals surface area (Å²) in [4.78, 5) is 3.53. The van der Waals surface area contributed by atoms with Crippen LogP contribution in [0.15, 0.2) is 12.1 Å². The molecule has 1 heterocycles. The van der Waals surface area contributed by atoms with Crippen molar-refractivity contribution in [1.82, 2.24) is 10.3 Å². The van der Waals surface area contributed by atoms with E-state index in [-0.39, 0.29) is 0 Å². The normalized spacial score (nSPS) is 16.8. The smallest absolute Gasteiger partial charge is 0.143 e. The molecule has 1 aliphatic carbocycles. The standard InChI is InChI=1S/C16H22N2O/c1-10-7-12-14(16(5-6-16)9-17-3)11(2)18-15(12)13(8-10)19-4/h7-8,17-18H,5-6,9H2,1-4H3. The Hall–Kier alpha value is -1.48. The average molecular weight is 258 g/mol. The molecule has 0 atom stereocenters. The minimum Gasteiger partial charge on any atom is -0.495 e. The Labute approximate surface area is 114 Å². The first-order chi connectivity index (χ1) is 9.11. The first kappa shape index (κ1) is 12.5. The second-order valence-electron chi connectivity index (χ2n) is 5.83. The van der Waals surface area contributed by atoms with Crippen LogP contribution in [0.5, 0.6) is 5.75 Å². The van der Waals surface area contributed by atoms with Crippen molar-refractivity contribution in [2.75, 3.05) is 20.7 Å². The van der Waals surface area contributed by atoms with Crippen molar-refractivity contribution >= 4 is 10.9 Å². The van der Waals surface area contributed by atoms with Gasteiger partial charge < -0.3 is 15.0 Å². The molecule has 0 spiro atoms. The molecule has 19 heavy (non-hydrogen) atoms. The Bertz CT molecular complexity index is 623. The first-order valence-corrected chi connectivity index (χ1v) is 6.93. The monoisotopic (exact) mass is 258 g/mol. The molecule has 0 amide bonds. The van der Waals surface area contributed by atoms with Crippen LogP contribution in [0.25, 0.3) is 10.9 Å². The maximum Gasteiger partial charge on any atom is 0.143 e. The minimum atomic E-state index is 0.329. The van der Waals surface area contributed by atoms with Crippen molar-refractivity contribution in [1.29, 1.82) is 0 Å². The van der Waals surface area contributed by atoms with Crippen LogP contribution in [0.4, 0.5) is 0 Å². The minimum absolute atomic E-state index is 0.329. The van der Waals surface area contributed by atoms with Gasteiger partial charge in [0.1, 0.15) is 5.75 Å². The van der Waals surface area contributed by atoms with Gasteiger partial charge in [-0.2, -0.15) is 0 Å². The third kappa shape index (κ3) is 1.84. The molecule has 1 aliphatic rings. The van der Waals surface area contributed by atoms with E-state index in [1.807, 2.05) is 7.05 Å². The molecule has 1 fully saturated rings. The van der Waals surface area contributed by atoms with Gasteiger partial charge in [-0.15, -0.1) is 0 Å². The van der Waals surface area contributed by atoms with Crippen LogP contribution in [0.2, 0.25) is 0 Å². The molecule has 0 aliphatic heterocycles. The van der Waals surface area contributed by atoms with Gasteiger partial charge in [0.25, 0.3) is 0 Å². The van der Waals surface area contributed by atoms with Crippen molar-refractivity contribution in [3.63, 3.8) is 0 Å². The van der Waals surface area contributed by atoms with Crippen LogP contribution in [-0.2, 0) is 5.41 Å². The predicted octanol–water partition coefficient (Wildman–Crippen LogP) is 3.04. The quantitative estimate of drug-likeness (QED) is 0.884. The third-order valence-electron chi connectivity index (χ3n) is 4.32. The van der Waals surface area contributed by atoms with Gasteiger partial charge in [0.2, 0.25) is 0 Å². The molecule has 3 rings (SSSR count). The lowest BCUT2D eigenvalue weighted by atomic mass is 9.92. The topological polar surface area (TPSA) is 37.0 Å². The summed E-state index contributed by atoms with van der Waals surface area (Å²) in [5.41, 5.74) is 5.49. The maximum atomic E-state index is 5.52. The summed E-state index contributed by atoms with van der Waals surface area (Å²) < 4.78 is 5.52. The Morgan fingerprint density at radius 2 is 2.05 bits per heavy atom. The maximum absolute atomic E-state index is 5.52. The number of aromatic nitrogens is 1. The van der Waals surface area contributed by atoms with E-state index >= 15 is 0 Å². The number of methoxy groups -OCH3 is 1. The summed E-state index contributed by atoms with van der Waals surface area (Å²) in [6.07, 6.45) is 2.55. The Balaban J connectivity index is 2.25. The molecule has 3 heteroatoms. The number of ether oxygens (including phenoxy) is 1. The molecule has 1 saturated carbocycles. The van der Waals surface area contributed by atoms with Crippen LogP contribution >= 0.6 is 0 Å². The van der Waals surface area contributed by atoms with E-state index < -0.39 is 0 Å². The predicted molar refractivity (Wildman–Crippen MR) is 79.2 cm³/mol. The van der Waals surface area contributed by atoms with E-state index in [0.717, 1.165) is 17.8 Å². The van der Waals surface area contributed by atoms with Gasteiger partial charge in [0, 0.05) is 23.0 Å². The zero-order chi connectivity index (χ0) is 13.6. The Morgan fingerprint density at radius 1 is 1.32 bits per heavy atom. The molecule has 0 unspecified atom stereocenters. The average Bonchev–Trinajstić information content (AvgIpc) is 3.05. The van der Waals surface area contributed by atoms with Crippen molar-refractivity contribution in [3.05, 3.63) is 29.0 Å². The summed E-state index contributed by atoms with van der Waals surface area (Å²) in [6, 6.07) is 4.38. The first-order valence-electron chi connectivity index (χ1n) is 6.93. The number of aromatic amines is 1. The second-order valence-corrected chi connectivity index (χ2v) is 5.83. The van der Waals surface area contributed by atoms with Crippen LogP contribution in [0, 0.1) is 13.8 Å². The van der Waals surface area contributed by atoms with Gasteiger partial charge >= 0.3 is 0 Å². The van der Waals surface area contributed by atoms with Gasteiger partial charge in [-0.1, -0.05) is 0 Å². The third-order valence-corrected chi connectivity index (χ3v) is 4.32. The summed E-state index contributed by atoms with van der Waals surface area (Å²) in [5.74, 6) is 0.949.